The van der Waals surface area contributed by atoms with Crippen LogP contribution in [0.15, 0.2) is 30.5 Å². The summed E-state index contributed by atoms with van der Waals surface area (Å²) in [6.45, 7) is 0. The molecule has 3 atom stereocenters. The standard InChI is InChI=1S/C17H20N2O/c1-20-16-4-2-3-14-13(16)7-8-18-17(14)19-15-10-11-5-6-12(15)9-11/h2-4,7-8,11-12,15H,5-6,9-10H2,1H3,(H,18,19). The van der Waals surface area contributed by atoms with Crippen LogP contribution in [-0.2, 0) is 0 Å². The lowest BCUT2D eigenvalue weighted by atomic mass is 9.95. The zero-order valence-electron chi connectivity index (χ0n) is 11.8. The Bertz CT molecular complexity index is 640. The molecule has 104 valence electrons. The second-order valence-corrected chi connectivity index (χ2v) is 6.14. The summed E-state index contributed by atoms with van der Waals surface area (Å²) in [7, 11) is 1.72. The smallest absolute Gasteiger partial charge is 0.134 e. The summed E-state index contributed by atoms with van der Waals surface area (Å²) in [6, 6.07) is 8.80. The molecular formula is C17H20N2O. The molecule has 1 heterocycles. The lowest BCUT2D eigenvalue weighted by Crippen LogP contribution is -2.26. The van der Waals surface area contributed by atoms with Gasteiger partial charge in [-0.2, -0.15) is 0 Å². The molecule has 3 heteroatoms. The molecule has 2 saturated carbocycles. The van der Waals surface area contributed by atoms with Crippen LogP contribution in [0.1, 0.15) is 25.7 Å². The van der Waals surface area contributed by atoms with Crippen molar-refractivity contribution in [1.82, 2.24) is 4.98 Å². The van der Waals surface area contributed by atoms with Crippen molar-refractivity contribution in [3.63, 3.8) is 0 Å². The van der Waals surface area contributed by atoms with Gasteiger partial charge in [-0.15, -0.1) is 0 Å². The van der Waals surface area contributed by atoms with Crippen molar-refractivity contribution in [2.24, 2.45) is 11.8 Å². The number of pyridine rings is 1. The Labute approximate surface area is 119 Å². The quantitative estimate of drug-likeness (QED) is 0.918. The fourth-order valence-corrected chi connectivity index (χ4v) is 4.07. The van der Waals surface area contributed by atoms with Crippen LogP contribution in [0.2, 0.25) is 0 Å². The number of benzene rings is 1. The van der Waals surface area contributed by atoms with Crippen molar-refractivity contribution in [3.05, 3.63) is 30.5 Å². The van der Waals surface area contributed by atoms with Gasteiger partial charge in [0, 0.05) is 23.0 Å². The molecule has 3 unspecified atom stereocenters. The SMILES string of the molecule is COc1cccc2c(NC3CC4CCC3C4)nccc12. The van der Waals surface area contributed by atoms with E-state index < -0.39 is 0 Å². The van der Waals surface area contributed by atoms with Gasteiger partial charge in [0.15, 0.2) is 0 Å². The van der Waals surface area contributed by atoms with Crippen LogP contribution in [-0.4, -0.2) is 18.1 Å². The largest absolute Gasteiger partial charge is 0.496 e. The minimum atomic E-state index is 0.609. The van der Waals surface area contributed by atoms with Crippen molar-refractivity contribution in [2.75, 3.05) is 12.4 Å². The van der Waals surface area contributed by atoms with Gasteiger partial charge in [0.25, 0.3) is 0 Å². The van der Waals surface area contributed by atoms with Crippen molar-refractivity contribution in [1.29, 1.82) is 0 Å². The molecule has 3 nitrogen and oxygen atoms in total. The Hall–Kier alpha value is -1.77. The van der Waals surface area contributed by atoms with Gasteiger partial charge < -0.3 is 10.1 Å². The molecule has 0 aliphatic heterocycles. The lowest BCUT2D eigenvalue weighted by Gasteiger charge is -2.24. The Morgan fingerprint density at radius 3 is 2.85 bits per heavy atom. The minimum Gasteiger partial charge on any atom is -0.496 e. The third-order valence-corrected chi connectivity index (χ3v) is 5.05. The Morgan fingerprint density at radius 2 is 2.10 bits per heavy atom. The summed E-state index contributed by atoms with van der Waals surface area (Å²) in [5, 5.41) is 6.00. The molecule has 0 saturated heterocycles. The average Bonchev–Trinajstić information content (AvgIpc) is 3.09. The molecule has 4 rings (SSSR count). The molecule has 1 N–H and O–H groups in total. The predicted molar refractivity (Wildman–Crippen MR) is 81.2 cm³/mol. The van der Waals surface area contributed by atoms with E-state index in [0.29, 0.717) is 6.04 Å². The molecule has 1 aromatic carbocycles. The van der Waals surface area contributed by atoms with Crippen molar-refractivity contribution >= 4 is 16.6 Å². The molecule has 20 heavy (non-hydrogen) atoms. The molecular weight excluding hydrogens is 248 g/mol. The van der Waals surface area contributed by atoms with Crippen LogP contribution < -0.4 is 10.1 Å². The summed E-state index contributed by atoms with van der Waals surface area (Å²) in [5.74, 6) is 3.73. The number of methoxy groups -OCH3 is 1. The summed E-state index contributed by atoms with van der Waals surface area (Å²) < 4.78 is 5.45. The van der Waals surface area contributed by atoms with Crippen molar-refractivity contribution in [3.8, 4) is 5.75 Å². The van der Waals surface area contributed by atoms with Crippen LogP contribution in [0.25, 0.3) is 10.8 Å². The first-order valence-corrected chi connectivity index (χ1v) is 7.53. The van der Waals surface area contributed by atoms with Crippen LogP contribution in [0.5, 0.6) is 5.75 Å². The highest BCUT2D eigenvalue weighted by Gasteiger charge is 2.39. The number of nitrogens with zero attached hydrogens (tertiary/aromatic N) is 1. The molecule has 2 bridgehead atoms. The first kappa shape index (κ1) is 12.0. The third-order valence-electron chi connectivity index (χ3n) is 5.05. The summed E-state index contributed by atoms with van der Waals surface area (Å²) in [5.41, 5.74) is 0. The maximum atomic E-state index is 5.45. The Morgan fingerprint density at radius 1 is 1.15 bits per heavy atom. The van der Waals surface area contributed by atoms with Crippen molar-refractivity contribution in [2.45, 2.75) is 31.7 Å². The van der Waals surface area contributed by atoms with Gasteiger partial charge in [-0.1, -0.05) is 18.6 Å². The number of nitrogens with one attached hydrogen (secondary N) is 1. The number of anilines is 1. The van der Waals surface area contributed by atoms with E-state index in [1.165, 1.54) is 25.7 Å². The predicted octanol–water partition coefficient (Wildman–Crippen LogP) is 3.84. The van der Waals surface area contributed by atoms with Gasteiger partial charge in [0.2, 0.25) is 0 Å². The number of aromatic nitrogens is 1. The van der Waals surface area contributed by atoms with Gasteiger partial charge in [-0.05, 0) is 43.2 Å². The van der Waals surface area contributed by atoms with E-state index in [1.807, 2.05) is 24.4 Å². The minimum absolute atomic E-state index is 0.609. The molecule has 2 aliphatic carbocycles. The van der Waals surface area contributed by atoms with E-state index >= 15 is 0 Å². The van der Waals surface area contributed by atoms with Crippen LogP contribution in [0.4, 0.5) is 5.82 Å². The molecule has 2 aromatic rings. The van der Waals surface area contributed by atoms with E-state index in [-0.39, 0.29) is 0 Å². The Balaban J connectivity index is 1.69. The van der Waals surface area contributed by atoms with Crippen LogP contribution in [0.3, 0.4) is 0 Å². The summed E-state index contributed by atoms with van der Waals surface area (Å²) in [4.78, 5) is 4.56. The molecule has 1 aromatic heterocycles. The lowest BCUT2D eigenvalue weighted by molar-refractivity contribution is 0.420. The average molecular weight is 268 g/mol. The second-order valence-electron chi connectivity index (χ2n) is 6.14. The highest BCUT2D eigenvalue weighted by molar-refractivity contribution is 5.95. The highest BCUT2D eigenvalue weighted by atomic mass is 16.5. The van der Waals surface area contributed by atoms with Gasteiger partial charge in [-0.25, -0.2) is 4.98 Å². The molecule has 2 fully saturated rings. The van der Waals surface area contributed by atoms with E-state index in [1.54, 1.807) is 7.11 Å². The molecule has 0 radical (unpaired) electrons. The van der Waals surface area contributed by atoms with E-state index in [9.17, 15) is 0 Å². The van der Waals surface area contributed by atoms with Gasteiger partial charge in [0.05, 0.1) is 7.11 Å². The number of ether oxygens (including phenoxy) is 1. The molecule has 2 aliphatic rings. The fraction of sp³-hybridized carbons (Fsp3) is 0.471. The summed E-state index contributed by atoms with van der Waals surface area (Å²) >= 11 is 0. The Kier molecular flexibility index (Phi) is 2.79. The molecule has 0 amide bonds. The summed E-state index contributed by atoms with van der Waals surface area (Å²) in [6.07, 6.45) is 7.41. The highest BCUT2D eigenvalue weighted by Crippen LogP contribution is 2.45. The van der Waals surface area contributed by atoms with Crippen LogP contribution in [0, 0.1) is 11.8 Å². The van der Waals surface area contributed by atoms with Gasteiger partial charge in [-0.3, -0.25) is 0 Å². The number of rotatable bonds is 3. The zero-order valence-corrected chi connectivity index (χ0v) is 11.8. The first-order valence-electron chi connectivity index (χ1n) is 7.53. The maximum Gasteiger partial charge on any atom is 0.134 e. The van der Waals surface area contributed by atoms with Crippen LogP contribution >= 0.6 is 0 Å². The van der Waals surface area contributed by atoms with Gasteiger partial charge >= 0.3 is 0 Å². The topological polar surface area (TPSA) is 34.1 Å². The van der Waals surface area contributed by atoms with Gasteiger partial charge in [0.1, 0.15) is 11.6 Å². The fourth-order valence-electron chi connectivity index (χ4n) is 4.07. The number of hydrogen-bond acceptors (Lipinski definition) is 3. The second kappa shape index (κ2) is 4.65. The molecule has 0 spiro atoms. The maximum absolute atomic E-state index is 5.45. The van der Waals surface area contributed by atoms with Crippen molar-refractivity contribution < 1.29 is 4.74 Å². The van der Waals surface area contributed by atoms with E-state index in [0.717, 1.165) is 34.2 Å². The normalized spacial score (nSPS) is 27.9. The third kappa shape index (κ3) is 1.84. The zero-order chi connectivity index (χ0) is 13.5. The number of fused-ring (bicyclic) bond motifs is 3. The first-order chi connectivity index (χ1) is 9.85. The monoisotopic (exact) mass is 268 g/mol. The van der Waals surface area contributed by atoms with E-state index in [2.05, 4.69) is 16.4 Å². The number of hydrogen-bond donors (Lipinski definition) is 1. The van der Waals surface area contributed by atoms with E-state index in [4.69, 9.17) is 4.74 Å².